The summed E-state index contributed by atoms with van der Waals surface area (Å²) in [5.74, 6) is -0.491. The maximum absolute atomic E-state index is 10.1. The number of benzene rings is 1. The lowest BCUT2D eigenvalue weighted by Crippen LogP contribution is -1.77. The van der Waals surface area contributed by atoms with Gasteiger partial charge in [-0.15, -0.1) is 0 Å². The standard InChI is InChI=1S/C7H6O3.Si/c8-4-5-1-2-6(9)7(10)3-5;/h1-4,9-10H;. The van der Waals surface area contributed by atoms with E-state index < -0.39 is 0 Å². The normalized spacial score (nSPS) is 8.36. The van der Waals surface area contributed by atoms with Crippen molar-refractivity contribution >= 4 is 17.3 Å². The van der Waals surface area contributed by atoms with Crippen LogP contribution < -0.4 is 0 Å². The van der Waals surface area contributed by atoms with Crippen LogP contribution in [0.4, 0.5) is 0 Å². The number of phenolic OH excluding ortho intramolecular Hbond substituents is 2. The number of rotatable bonds is 1. The van der Waals surface area contributed by atoms with Gasteiger partial charge in [0.05, 0.1) is 0 Å². The van der Waals surface area contributed by atoms with Gasteiger partial charge in [-0.25, -0.2) is 0 Å². The van der Waals surface area contributed by atoms with Crippen molar-refractivity contribution in [1.82, 2.24) is 0 Å². The van der Waals surface area contributed by atoms with Gasteiger partial charge in [-0.2, -0.15) is 0 Å². The highest BCUT2D eigenvalue weighted by Crippen LogP contribution is 2.23. The van der Waals surface area contributed by atoms with Gasteiger partial charge in [-0.05, 0) is 18.2 Å². The Morgan fingerprint density at radius 3 is 2.27 bits per heavy atom. The van der Waals surface area contributed by atoms with E-state index in [1.165, 1.54) is 18.2 Å². The second kappa shape index (κ2) is 3.77. The monoisotopic (exact) mass is 166 g/mol. The minimum atomic E-state index is -0.274. The summed E-state index contributed by atoms with van der Waals surface area (Å²) in [5.41, 5.74) is 0.343. The Hall–Kier alpha value is -1.29. The molecular formula is C7H6O3Si. The number of hydrogen-bond acceptors (Lipinski definition) is 3. The average molecular weight is 166 g/mol. The first kappa shape index (κ1) is 9.71. The molecule has 2 N–H and O–H groups in total. The third-order valence-corrected chi connectivity index (χ3v) is 1.14. The molecule has 0 unspecified atom stereocenters. The highest BCUT2D eigenvalue weighted by molar-refractivity contribution is 5.76. The Balaban J connectivity index is 0.000001000. The lowest BCUT2D eigenvalue weighted by atomic mass is 10.2. The zero-order valence-electron chi connectivity index (χ0n) is 5.61. The van der Waals surface area contributed by atoms with E-state index in [9.17, 15) is 4.79 Å². The molecule has 4 radical (unpaired) electrons. The van der Waals surface area contributed by atoms with Crippen molar-refractivity contribution in [1.29, 1.82) is 0 Å². The molecule has 0 aliphatic heterocycles. The molecule has 0 fully saturated rings. The van der Waals surface area contributed by atoms with Gasteiger partial charge in [0.2, 0.25) is 0 Å². The van der Waals surface area contributed by atoms with Crippen LogP contribution in [0.5, 0.6) is 11.5 Å². The van der Waals surface area contributed by atoms with Crippen molar-refractivity contribution in [3.63, 3.8) is 0 Å². The smallest absolute Gasteiger partial charge is 0.158 e. The molecule has 0 amide bonds. The Bertz CT molecular complexity index is 260. The van der Waals surface area contributed by atoms with Gasteiger partial charge in [0.15, 0.2) is 11.5 Å². The second-order valence-electron chi connectivity index (χ2n) is 1.87. The van der Waals surface area contributed by atoms with E-state index in [1.807, 2.05) is 0 Å². The van der Waals surface area contributed by atoms with E-state index in [4.69, 9.17) is 10.2 Å². The number of aldehydes is 1. The van der Waals surface area contributed by atoms with Gasteiger partial charge < -0.3 is 10.2 Å². The van der Waals surface area contributed by atoms with Gasteiger partial charge >= 0.3 is 0 Å². The van der Waals surface area contributed by atoms with E-state index in [0.717, 1.165) is 0 Å². The van der Waals surface area contributed by atoms with E-state index in [-0.39, 0.29) is 22.5 Å². The van der Waals surface area contributed by atoms with Crippen molar-refractivity contribution in [2.75, 3.05) is 0 Å². The minimum absolute atomic E-state index is 0. The van der Waals surface area contributed by atoms with Gasteiger partial charge in [0.25, 0.3) is 0 Å². The molecule has 0 aliphatic carbocycles. The first-order valence-electron chi connectivity index (χ1n) is 2.71. The highest BCUT2D eigenvalue weighted by Gasteiger charge is 1.97. The molecule has 0 saturated heterocycles. The molecule has 1 aromatic carbocycles. The van der Waals surface area contributed by atoms with Crippen LogP contribution in [0.3, 0.4) is 0 Å². The Kier molecular flexibility index (Phi) is 3.33. The van der Waals surface area contributed by atoms with Gasteiger partial charge in [-0.1, -0.05) is 0 Å². The number of hydrogen-bond donors (Lipinski definition) is 2. The summed E-state index contributed by atoms with van der Waals surface area (Å²) >= 11 is 0. The number of carbonyl (C=O) groups excluding carboxylic acids is 1. The Morgan fingerprint density at radius 1 is 1.18 bits per heavy atom. The second-order valence-corrected chi connectivity index (χ2v) is 1.87. The lowest BCUT2D eigenvalue weighted by Gasteiger charge is -1.95. The quantitative estimate of drug-likeness (QED) is 0.363. The predicted octanol–water partition coefficient (Wildman–Crippen LogP) is 0.529. The van der Waals surface area contributed by atoms with Crippen LogP contribution in [0.15, 0.2) is 18.2 Å². The molecule has 11 heavy (non-hydrogen) atoms. The third kappa shape index (κ3) is 2.08. The molecule has 3 nitrogen and oxygen atoms in total. The average Bonchev–Trinajstić information content (AvgIpc) is 1.95. The maximum atomic E-state index is 10.1. The zero-order valence-corrected chi connectivity index (χ0v) is 6.61. The van der Waals surface area contributed by atoms with E-state index in [0.29, 0.717) is 11.8 Å². The molecule has 0 heterocycles. The number of aromatic hydroxyl groups is 2. The molecule has 0 atom stereocenters. The fraction of sp³-hybridized carbons (Fsp3) is 0. The molecule has 4 heteroatoms. The van der Waals surface area contributed by atoms with Gasteiger partial charge in [-0.3, -0.25) is 4.79 Å². The number of carbonyl (C=O) groups is 1. The van der Waals surface area contributed by atoms with Gasteiger partial charge in [0, 0.05) is 16.5 Å². The van der Waals surface area contributed by atoms with Crippen molar-refractivity contribution in [3.8, 4) is 11.5 Å². The number of phenols is 2. The largest absolute Gasteiger partial charge is 0.504 e. The van der Waals surface area contributed by atoms with Crippen LogP contribution in [-0.2, 0) is 0 Å². The van der Waals surface area contributed by atoms with Crippen molar-refractivity contribution in [2.45, 2.75) is 0 Å². The van der Waals surface area contributed by atoms with Crippen molar-refractivity contribution in [2.24, 2.45) is 0 Å². The van der Waals surface area contributed by atoms with Crippen LogP contribution >= 0.6 is 0 Å². The van der Waals surface area contributed by atoms with Gasteiger partial charge in [0.1, 0.15) is 6.29 Å². The van der Waals surface area contributed by atoms with Crippen LogP contribution in [0, 0.1) is 0 Å². The third-order valence-electron chi connectivity index (χ3n) is 1.14. The highest BCUT2D eigenvalue weighted by atomic mass is 28.1. The summed E-state index contributed by atoms with van der Waals surface area (Å²) < 4.78 is 0. The fourth-order valence-corrected chi connectivity index (χ4v) is 0.614. The van der Waals surface area contributed by atoms with Crippen molar-refractivity contribution in [3.05, 3.63) is 23.8 Å². The molecule has 56 valence electrons. The topological polar surface area (TPSA) is 57.5 Å². The molecule has 0 spiro atoms. The summed E-state index contributed by atoms with van der Waals surface area (Å²) in [5, 5.41) is 17.6. The lowest BCUT2D eigenvalue weighted by molar-refractivity contribution is 0.112. The van der Waals surface area contributed by atoms with E-state index in [1.54, 1.807) is 0 Å². The summed E-state index contributed by atoms with van der Waals surface area (Å²) in [6, 6.07) is 3.88. The van der Waals surface area contributed by atoms with Crippen LogP contribution in [0.2, 0.25) is 0 Å². The minimum Gasteiger partial charge on any atom is -0.504 e. The van der Waals surface area contributed by atoms with Crippen LogP contribution in [-0.4, -0.2) is 27.5 Å². The molecular weight excluding hydrogens is 160 g/mol. The summed E-state index contributed by atoms with van der Waals surface area (Å²) in [6.45, 7) is 0. The summed E-state index contributed by atoms with van der Waals surface area (Å²) in [6.07, 6.45) is 0.596. The molecule has 0 aromatic heterocycles. The summed E-state index contributed by atoms with van der Waals surface area (Å²) in [4.78, 5) is 10.1. The molecule has 1 aromatic rings. The Labute approximate surface area is 68.3 Å². The SMILES string of the molecule is O=Cc1ccc(O)c(O)c1.[Si]. The van der Waals surface area contributed by atoms with E-state index >= 15 is 0 Å². The zero-order chi connectivity index (χ0) is 7.56. The molecule has 0 aliphatic rings. The molecule has 1 rings (SSSR count). The first-order valence-corrected chi connectivity index (χ1v) is 2.71. The van der Waals surface area contributed by atoms with Crippen molar-refractivity contribution < 1.29 is 15.0 Å². The molecule has 0 bridgehead atoms. The maximum Gasteiger partial charge on any atom is 0.158 e. The van der Waals surface area contributed by atoms with E-state index in [2.05, 4.69) is 0 Å². The van der Waals surface area contributed by atoms with Crippen LogP contribution in [0.25, 0.3) is 0 Å². The predicted molar refractivity (Wildman–Crippen MR) is 40.9 cm³/mol. The Morgan fingerprint density at radius 2 is 1.82 bits per heavy atom. The first-order chi connectivity index (χ1) is 4.74. The summed E-state index contributed by atoms with van der Waals surface area (Å²) in [7, 11) is 0. The molecule has 0 saturated carbocycles. The van der Waals surface area contributed by atoms with Crippen LogP contribution in [0.1, 0.15) is 10.4 Å². The fourth-order valence-electron chi connectivity index (χ4n) is 0.614.